The molecule has 1 fully saturated rings. The summed E-state index contributed by atoms with van der Waals surface area (Å²) in [6.45, 7) is 0. The van der Waals surface area contributed by atoms with Crippen molar-refractivity contribution in [1.29, 1.82) is 0 Å². The van der Waals surface area contributed by atoms with E-state index in [4.69, 9.17) is 5.11 Å². The molecule has 1 aliphatic carbocycles. The Balaban J connectivity index is 2.34. The lowest BCUT2D eigenvalue weighted by molar-refractivity contribution is -0.131. The Bertz CT molecular complexity index is 201. The number of carbonyl (C=O) groups is 1. The van der Waals surface area contributed by atoms with Gasteiger partial charge in [0.1, 0.15) is 0 Å². The van der Waals surface area contributed by atoms with Crippen LogP contribution in [-0.4, -0.2) is 23.1 Å². The minimum absolute atomic E-state index is 0.793. The number of hydrogen-bond donors (Lipinski definition) is 1. The molecule has 0 aliphatic heterocycles. The van der Waals surface area contributed by atoms with Crippen molar-refractivity contribution in [3.05, 3.63) is 11.6 Å². The Morgan fingerprint density at radius 2 is 2.23 bits per heavy atom. The Labute approximate surface area is 83.4 Å². The van der Waals surface area contributed by atoms with Gasteiger partial charge in [0.05, 0.1) is 0 Å². The lowest BCUT2D eigenvalue weighted by Crippen LogP contribution is -2.11. The van der Waals surface area contributed by atoms with E-state index < -0.39 is 5.97 Å². The average Bonchev–Trinajstić information content (AvgIpc) is 2.08. The zero-order valence-corrected chi connectivity index (χ0v) is 8.77. The normalized spacial score (nSPS) is 22.8. The largest absolute Gasteiger partial charge is 0.478 e. The molecule has 3 heteroatoms. The molecule has 0 amide bonds. The van der Waals surface area contributed by atoms with Crippen molar-refractivity contribution in [2.24, 2.45) is 5.92 Å². The summed E-state index contributed by atoms with van der Waals surface area (Å²) < 4.78 is 0. The van der Waals surface area contributed by atoms with Crippen LogP contribution in [0.25, 0.3) is 0 Å². The van der Waals surface area contributed by atoms with Gasteiger partial charge in [-0.1, -0.05) is 5.57 Å². The minimum Gasteiger partial charge on any atom is -0.478 e. The first-order valence-corrected chi connectivity index (χ1v) is 6.03. The van der Waals surface area contributed by atoms with Crippen LogP contribution in [0.4, 0.5) is 0 Å². The first kappa shape index (κ1) is 10.6. The highest BCUT2D eigenvalue weighted by Gasteiger charge is 2.16. The van der Waals surface area contributed by atoms with E-state index in [0.717, 1.165) is 24.3 Å². The van der Waals surface area contributed by atoms with Crippen molar-refractivity contribution in [3.8, 4) is 0 Å². The summed E-state index contributed by atoms with van der Waals surface area (Å²) in [5.74, 6) is 1.24. The van der Waals surface area contributed by atoms with Gasteiger partial charge in [-0.2, -0.15) is 11.8 Å². The molecule has 0 aromatic carbocycles. The fraction of sp³-hybridized carbons (Fsp3) is 0.700. The highest BCUT2D eigenvalue weighted by molar-refractivity contribution is 7.98. The summed E-state index contributed by atoms with van der Waals surface area (Å²) in [5, 5.41) is 8.55. The van der Waals surface area contributed by atoms with E-state index >= 15 is 0 Å². The van der Waals surface area contributed by atoms with Crippen molar-refractivity contribution in [2.45, 2.75) is 25.7 Å². The highest BCUT2D eigenvalue weighted by atomic mass is 32.2. The molecule has 74 valence electrons. The Morgan fingerprint density at radius 3 is 2.69 bits per heavy atom. The molecule has 1 N–H and O–H groups in total. The zero-order valence-electron chi connectivity index (χ0n) is 7.95. The van der Waals surface area contributed by atoms with Crippen LogP contribution in [0.3, 0.4) is 0 Å². The lowest BCUT2D eigenvalue weighted by atomic mass is 9.87. The van der Waals surface area contributed by atoms with Crippen molar-refractivity contribution >= 4 is 17.7 Å². The van der Waals surface area contributed by atoms with Gasteiger partial charge in [-0.05, 0) is 43.6 Å². The van der Waals surface area contributed by atoms with E-state index in [1.165, 1.54) is 24.7 Å². The maximum atomic E-state index is 10.4. The molecule has 1 rings (SSSR count). The van der Waals surface area contributed by atoms with E-state index in [0.29, 0.717) is 0 Å². The molecule has 13 heavy (non-hydrogen) atoms. The van der Waals surface area contributed by atoms with Gasteiger partial charge >= 0.3 is 5.97 Å². The monoisotopic (exact) mass is 200 g/mol. The van der Waals surface area contributed by atoms with Crippen molar-refractivity contribution in [3.63, 3.8) is 0 Å². The highest BCUT2D eigenvalue weighted by Crippen LogP contribution is 2.29. The van der Waals surface area contributed by atoms with Gasteiger partial charge in [0.25, 0.3) is 0 Å². The average molecular weight is 200 g/mol. The molecule has 1 saturated carbocycles. The first-order chi connectivity index (χ1) is 6.22. The Morgan fingerprint density at radius 1 is 1.62 bits per heavy atom. The van der Waals surface area contributed by atoms with Crippen LogP contribution in [0, 0.1) is 5.92 Å². The summed E-state index contributed by atoms with van der Waals surface area (Å²) in [5.41, 5.74) is 1.12. The maximum absolute atomic E-state index is 10.4. The number of aliphatic carboxylic acids is 1. The van der Waals surface area contributed by atoms with Gasteiger partial charge in [-0.25, -0.2) is 4.79 Å². The first-order valence-electron chi connectivity index (χ1n) is 4.63. The van der Waals surface area contributed by atoms with Gasteiger partial charge in [0, 0.05) is 6.08 Å². The molecule has 0 heterocycles. The summed E-state index contributed by atoms with van der Waals surface area (Å²) in [4.78, 5) is 10.4. The number of carboxylic acids is 1. The molecule has 0 saturated heterocycles. The van der Waals surface area contributed by atoms with Crippen molar-refractivity contribution in [2.75, 3.05) is 12.0 Å². The van der Waals surface area contributed by atoms with Gasteiger partial charge < -0.3 is 5.11 Å². The number of thioether (sulfide) groups is 1. The smallest absolute Gasteiger partial charge is 0.328 e. The van der Waals surface area contributed by atoms with Crippen LogP contribution < -0.4 is 0 Å². The second-order valence-electron chi connectivity index (χ2n) is 3.54. The number of carboxylic acid groups (broad SMARTS) is 1. The fourth-order valence-corrected chi connectivity index (χ4v) is 2.57. The molecule has 1 aliphatic rings. The van der Waals surface area contributed by atoms with Crippen LogP contribution in [0.1, 0.15) is 25.7 Å². The molecular weight excluding hydrogens is 184 g/mol. The molecule has 0 radical (unpaired) electrons. The third-order valence-corrected chi connectivity index (χ3v) is 3.28. The maximum Gasteiger partial charge on any atom is 0.328 e. The van der Waals surface area contributed by atoms with Crippen LogP contribution >= 0.6 is 11.8 Å². The zero-order chi connectivity index (χ0) is 9.68. The van der Waals surface area contributed by atoms with E-state index in [2.05, 4.69) is 6.26 Å². The number of allylic oxidation sites excluding steroid dienone is 1. The second-order valence-corrected chi connectivity index (χ2v) is 4.45. The van der Waals surface area contributed by atoms with Gasteiger partial charge in [-0.15, -0.1) is 0 Å². The Kier molecular flexibility index (Phi) is 4.36. The van der Waals surface area contributed by atoms with E-state index in [9.17, 15) is 4.79 Å². The number of rotatable bonds is 3. The topological polar surface area (TPSA) is 37.3 Å². The summed E-state index contributed by atoms with van der Waals surface area (Å²) in [7, 11) is 0. The summed E-state index contributed by atoms with van der Waals surface area (Å²) in [6.07, 6.45) is 7.81. The fourth-order valence-electron chi connectivity index (χ4n) is 1.77. The van der Waals surface area contributed by atoms with Crippen LogP contribution in [0.5, 0.6) is 0 Å². The molecule has 0 aromatic heterocycles. The van der Waals surface area contributed by atoms with E-state index in [-0.39, 0.29) is 0 Å². The van der Waals surface area contributed by atoms with Gasteiger partial charge in [-0.3, -0.25) is 0 Å². The van der Waals surface area contributed by atoms with Gasteiger partial charge in [0.2, 0.25) is 0 Å². The molecule has 2 nitrogen and oxygen atoms in total. The van der Waals surface area contributed by atoms with Crippen LogP contribution in [0.2, 0.25) is 0 Å². The molecular formula is C10H16O2S. The second kappa shape index (κ2) is 5.32. The third-order valence-electron chi connectivity index (χ3n) is 2.48. The Hall–Kier alpha value is -0.440. The molecule has 0 bridgehead atoms. The molecule has 0 spiro atoms. The molecule has 0 aromatic rings. The molecule has 0 atom stereocenters. The number of hydrogen-bond acceptors (Lipinski definition) is 2. The van der Waals surface area contributed by atoms with Crippen LogP contribution in [0.15, 0.2) is 11.6 Å². The third kappa shape index (κ3) is 3.85. The predicted molar refractivity (Wildman–Crippen MR) is 56.1 cm³/mol. The van der Waals surface area contributed by atoms with E-state index in [1.54, 1.807) is 0 Å². The summed E-state index contributed by atoms with van der Waals surface area (Å²) >= 11 is 1.89. The van der Waals surface area contributed by atoms with Crippen LogP contribution in [-0.2, 0) is 4.79 Å². The summed E-state index contributed by atoms with van der Waals surface area (Å²) in [6, 6.07) is 0. The van der Waals surface area contributed by atoms with Crippen molar-refractivity contribution < 1.29 is 9.90 Å². The standard InChI is InChI=1S/C10H16O2S/c1-13-7-9-4-2-8(3-5-9)6-10(11)12/h6,9H,2-5,7H2,1H3,(H,11,12). The minimum atomic E-state index is -0.793. The van der Waals surface area contributed by atoms with E-state index in [1.807, 2.05) is 11.8 Å². The molecule has 0 unspecified atom stereocenters. The lowest BCUT2D eigenvalue weighted by Gasteiger charge is -2.22. The van der Waals surface area contributed by atoms with Gasteiger partial charge in [0.15, 0.2) is 0 Å². The SMILES string of the molecule is CSCC1CCC(=CC(=O)O)CC1. The quantitative estimate of drug-likeness (QED) is 0.711. The predicted octanol–water partition coefficient (Wildman–Crippen LogP) is 2.55. The van der Waals surface area contributed by atoms with Crippen molar-refractivity contribution in [1.82, 2.24) is 0 Å².